The second kappa shape index (κ2) is 7.77. The van der Waals surface area contributed by atoms with E-state index < -0.39 is 21.9 Å². The number of aromatic carboxylic acids is 2. The van der Waals surface area contributed by atoms with Crippen molar-refractivity contribution in [2.45, 2.75) is 4.90 Å². The average Bonchev–Trinajstić information content (AvgIpc) is 2.46. The van der Waals surface area contributed by atoms with Gasteiger partial charge in [0.1, 0.15) is 0 Å². The van der Waals surface area contributed by atoms with Crippen LogP contribution >= 0.6 is 11.6 Å². The van der Waals surface area contributed by atoms with Crippen molar-refractivity contribution in [1.82, 2.24) is 0 Å². The van der Waals surface area contributed by atoms with E-state index >= 15 is 0 Å². The standard InChI is InChI=1S/C8H7NO4.C6H6ClNO2S/c9-5-3-1-2-4(7(10)11)6(5)8(12)13;7-5-1-3-6(4-2-5)11(8,9)10/h1-3H,9H2,(H,10,11)(H,12,13);1-4H,(H2,8,9,10). The van der Waals surface area contributed by atoms with Crippen molar-refractivity contribution in [1.29, 1.82) is 4.78 Å². The van der Waals surface area contributed by atoms with Crippen molar-refractivity contribution in [3.8, 4) is 0 Å². The van der Waals surface area contributed by atoms with Crippen molar-refractivity contribution < 1.29 is 28.6 Å². The lowest BCUT2D eigenvalue weighted by Gasteiger charge is -2.03. The highest BCUT2D eigenvalue weighted by Crippen LogP contribution is 2.16. The van der Waals surface area contributed by atoms with Gasteiger partial charge in [0.2, 0.25) is 0 Å². The van der Waals surface area contributed by atoms with Crippen LogP contribution in [0.1, 0.15) is 20.7 Å². The summed E-state index contributed by atoms with van der Waals surface area (Å²) in [6.45, 7) is 0. The molecule has 0 bridgehead atoms. The van der Waals surface area contributed by atoms with Crippen molar-refractivity contribution in [2.24, 2.45) is 0 Å². The van der Waals surface area contributed by atoms with Gasteiger partial charge < -0.3 is 15.9 Å². The van der Waals surface area contributed by atoms with Crippen LogP contribution in [-0.4, -0.2) is 30.9 Å². The largest absolute Gasteiger partial charge is 0.478 e. The number of hydrogen-bond acceptors (Lipinski definition) is 5. The zero-order valence-electron chi connectivity index (χ0n) is 12.0. The molecule has 0 aliphatic heterocycles. The Kier molecular flexibility index (Phi) is 6.29. The van der Waals surface area contributed by atoms with Crippen LogP contribution in [0.4, 0.5) is 5.69 Å². The maximum absolute atomic E-state index is 10.7. The van der Waals surface area contributed by atoms with Gasteiger partial charge in [-0.25, -0.2) is 18.6 Å². The molecule has 2 aromatic carbocycles. The zero-order valence-corrected chi connectivity index (χ0v) is 13.5. The number of hydrogen-bond donors (Lipinski definition) is 5. The van der Waals surface area contributed by atoms with Gasteiger partial charge in [-0.05, 0) is 36.4 Å². The summed E-state index contributed by atoms with van der Waals surface area (Å²) >= 11 is 5.53. The van der Waals surface area contributed by atoms with Gasteiger partial charge in [0.05, 0.1) is 16.0 Å². The van der Waals surface area contributed by atoms with Crippen LogP contribution in [0.2, 0.25) is 5.02 Å². The van der Waals surface area contributed by atoms with E-state index in [1.54, 1.807) is 0 Å². The molecule has 0 saturated carbocycles. The van der Waals surface area contributed by atoms with Crippen LogP contribution in [0, 0.1) is 4.78 Å². The molecule has 1 atom stereocenters. The quantitative estimate of drug-likeness (QED) is 0.517. The van der Waals surface area contributed by atoms with Gasteiger partial charge >= 0.3 is 11.9 Å². The first-order chi connectivity index (χ1) is 11.0. The molecule has 1 unspecified atom stereocenters. The Bertz CT molecular complexity index is 865. The van der Waals surface area contributed by atoms with Crippen LogP contribution in [-0.2, 0) is 10.0 Å². The van der Waals surface area contributed by atoms with Gasteiger partial charge in [0.15, 0.2) is 10.0 Å². The molecular weight excluding hydrogens is 360 g/mol. The summed E-state index contributed by atoms with van der Waals surface area (Å²) in [4.78, 5) is 21.2. The number of nitrogens with two attached hydrogens (primary N) is 1. The lowest BCUT2D eigenvalue weighted by Crippen LogP contribution is -2.10. The van der Waals surface area contributed by atoms with Gasteiger partial charge in [0.25, 0.3) is 0 Å². The highest BCUT2D eigenvalue weighted by atomic mass is 35.5. The third-order valence-corrected chi connectivity index (χ3v) is 3.84. The fourth-order valence-corrected chi connectivity index (χ4v) is 2.24. The molecule has 0 radical (unpaired) electrons. The minimum Gasteiger partial charge on any atom is -0.478 e. The highest BCUT2D eigenvalue weighted by molar-refractivity contribution is 7.86. The average molecular weight is 373 g/mol. The third kappa shape index (κ3) is 5.23. The molecule has 0 amide bonds. The van der Waals surface area contributed by atoms with Crippen molar-refractivity contribution >= 4 is 39.2 Å². The van der Waals surface area contributed by atoms with Crippen molar-refractivity contribution in [2.75, 3.05) is 5.73 Å². The summed E-state index contributed by atoms with van der Waals surface area (Å²) in [5, 5.41) is 17.8. The van der Waals surface area contributed by atoms with Crippen molar-refractivity contribution in [3.05, 3.63) is 58.6 Å². The van der Waals surface area contributed by atoms with E-state index in [-0.39, 0.29) is 21.7 Å². The van der Waals surface area contributed by atoms with Crippen LogP contribution in [0.15, 0.2) is 47.4 Å². The molecule has 0 aromatic heterocycles. The highest BCUT2D eigenvalue weighted by Gasteiger charge is 2.17. The summed E-state index contributed by atoms with van der Waals surface area (Å²) in [6.07, 6.45) is 0. The molecule has 8 nitrogen and oxygen atoms in total. The molecule has 6 N–H and O–H groups in total. The number of benzene rings is 2. The van der Waals surface area contributed by atoms with Crippen LogP contribution in [0.3, 0.4) is 0 Å². The number of carboxylic acids is 2. The van der Waals surface area contributed by atoms with Crippen LogP contribution in [0.5, 0.6) is 0 Å². The summed E-state index contributed by atoms with van der Waals surface area (Å²) in [6, 6.07) is 9.60. The molecule has 0 fully saturated rings. The predicted molar refractivity (Wildman–Crippen MR) is 88.0 cm³/mol. The fraction of sp³-hybridized carbons (Fsp3) is 0. The number of halogens is 1. The molecule has 0 heterocycles. The molecule has 0 aliphatic rings. The molecule has 0 aliphatic carbocycles. The summed E-state index contributed by atoms with van der Waals surface area (Å²) in [5.41, 5.74) is 4.60. The second-order valence-corrected chi connectivity index (χ2v) is 6.32. The number of anilines is 1. The predicted octanol–water partition coefficient (Wildman–Crippen LogP) is 2.88. The van der Waals surface area contributed by atoms with E-state index in [2.05, 4.69) is 0 Å². The maximum Gasteiger partial charge on any atom is 0.338 e. The van der Waals surface area contributed by atoms with Crippen LogP contribution < -0.4 is 5.73 Å². The molecule has 2 aromatic rings. The molecular formula is C14H13ClN2O6S. The topological polar surface area (TPSA) is 162 Å². The normalized spacial score (nSPS) is 12.4. The number of nitrogen functional groups attached to an aromatic ring is 1. The summed E-state index contributed by atoms with van der Waals surface area (Å²) in [7, 11) is -3.58. The molecule has 24 heavy (non-hydrogen) atoms. The molecule has 128 valence electrons. The Labute approximate surface area is 142 Å². The van der Waals surface area contributed by atoms with E-state index in [1.165, 1.54) is 42.5 Å². The van der Waals surface area contributed by atoms with E-state index in [9.17, 15) is 13.8 Å². The van der Waals surface area contributed by atoms with Gasteiger partial charge in [-0.3, -0.25) is 4.55 Å². The molecule has 0 spiro atoms. The molecule has 0 saturated heterocycles. The Morgan fingerprint density at radius 1 is 1.04 bits per heavy atom. The second-order valence-electron chi connectivity index (χ2n) is 4.36. The number of carbonyl (C=O) groups is 2. The Morgan fingerprint density at radius 2 is 1.58 bits per heavy atom. The first-order valence-corrected chi connectivity index (χ1v) is 8.05. The molecule has 2 rings (SSSR count). The van der Waals surface area contributed by atoms with Gasteiger partial charge in [-0.1, -0.05) is 17.7 Å². The minimum absolute atomic E-state index is 0.0487. The van der Waals surface area contributed by atoms with Crippen LogP contribution in [0.25, 0.3) is 0 Å². The third-order valence-electron chi connectivity index (χ3n) is 2.67. The minimum atomic E-state index is -3.58. The van der Waals surface area contributed by atoms with Gasteiger partial charge in [-0.15, -0.1) is 0 Å². The lowest BCUT2D eigenvalue weighted by atomic mass is 10.1. The van der Waals surface area contributed by atoms with E-state index in [0.29, 0.717) is 5.02 Å². The number of rotatable bonds is 3. The lowest BCUT2D eigenvalue weighted by molar-refractivity contribution is 0.0652. The first-order valence-electron chi connectivity index (χ1n) is 6.16. The summed E-state index contributed by atoms with van der Waals surface area (Å²) in [5.74, 6) is -2.64. The van der Waals surface area contributed by atoms with E-state index in [0.717, 1.165) is 0 Å². The Balaban J connectivity index is 0.000000243. The fourth-order valence-electron chi connectivity index (χ4n) is 1.61. The van der Waals surface area contributed by atoms with Gasteiger partial charge in [-0.2, -0.15) is 0 Å². The summed E-state index contributed by atoms with van der Waals surface area (Å²) < 4.78 is 26.2. The Hall–Kier alpha value is -2.62. The smallest absolute Gasteiger partial charge is 0.338 e. The van der Waals surface area contributed by atoms with E-state index in [4.69, 9.17) is 36.9 Å². The SMILES string of the molecule is N=S(=O)(O)c1ccc(Cl)cc1.Nc1cccc(C(=O)O)c1C(=O)O. The number of nitrogens with one attached hydrogen (secondary N) is 1. The zero-order chi connectivity index (χ0) is 18.5. The van der Waals surface area contributed by atoms with Gasteiger partial charge in [0, 0.05) is 10.7 Å². The van der Waals surface area contributed by atoms with E-state index in [1.807, 2.05) is 0 Å². The maximum atomic E-state index is 10.7. The Morgan fingerprint density at radius 3 is 1.96 bits per heavy atom. The monoisotopic (exact) mass is 372 g/mol. The van der Waals surface area contributed by atoms with Crippen molar-refractivity contribution in [3.63, 3.8) is 0 Å². The number of carboxylic acid groups (broad SMARTS) is 2. The first kappa shape index (κ1) is 19.4. The molecule has 10 heteroatoms.